The van der Waals surface area contributed by atoms with Gasteiger partial charge in [-0.2, -0.15) is 0 Å². The van der Waals surface area contributed by atoms with Gasteiger partial charge in [0.1, 0.15) is 0 Å². The highest BCUT2D eigenvalue weighted by Gasteiger charge is 1.93. The average Bonchev–Trinajstić information content (AvgIpc) is 2.05. The van der Waals surface area contributed by atoms with Crippen molar-refractivity contribution in [2.75, 3.05) is 0 Å². The Hall–Kier alpha value is -0.260. The molecule has 0 heteroatoms. The maximum atomic E-state index is 2.33. The largest absolute Gasteiger partial charge is 0.0857 e. The second-order valence-corrected chi connectivity index (χ2v) is 3.39. The van der Waals surface area contributed by atoms with E-state index in [4.69, 9.17) is 0 Å². The fourth-order valence-corrected chi connectivity index (χ4v) is 0.963. The van der Waals surface area contributed by atoms with E-state index in [-0.39, 0.29) is 0 Å². The van der Waals surface area contributed by atoms with Crippen LogP contribution in [0, 0.1) is 11.8 Å². The molecule has 0 aromatic rings. The van der Waals surface area contributed by atoms with Gasteiger partial charge >= 0.3 is 0 Å². The SMILES string of the molecule is CC.CCCC(C)/C=C\C(C)C. The molecule has 74 valence electrons. The van der Waals surface area contributed by atoms with Gasteiger partial charge in [0.2, 0.25) is 0 Å². The van der Waals surface area contributed by atoms with Gasteiger partial charge in [0, 0.05) is 0 Å². The Morgan fingerprint density at radius 2 is 1.50 bits per heavy atom. The Morgan fingerprint density at radius 3 is 1.83 bits per heavy atom. The zero-order valence-electron chi connectivity index (χ0n) is 9.72. The van der Waals surface area contributed by atoms with E-state index in [2.05, 4.69) is 39.8 Å². The summed E-state index contributed by atoms with van der Waals surface area (Å²) in [5.74, 6) is 1.48. The predicted octanol–water partition coefficient (Wildman–Crippen LogP) is 4.66. The van der Waals surface area contributed by atoms with Gasteiger partial charge in [-0.15, -0.1) is 0 Å². The molecule has 1 unspecified atom stereocenters. The van der Waals surface area contributed by atoms with Crippen LogP contribution in [-0.4, -0.2) is 0 Å². The lowest BCUT2D eigenvalue weighted by Gasteiger charge is -2.02. The van der Waals surface area contributed by atoms with E-state index >= 15 is 0 Å². The lowest BCUT2D eigenvalue weighted by atomic mass is 10.0. The summed E-state index contributed by atoms with van der Waals surface area (Å²) in [4.78, 5) is 0. The minimum atomic E-state index is 0.708. The van der Waals surface area contributed by atoms with Crippen molar-refractivity contribution >= 4 is 0 Å². The van der Waals surface area contributed by atoms with Crippen molar-refractivity contribution in [3.8, 4) is 0 Å². The Bertz CT molecular complexity index is 90.2. The minimum absolute atomic E-state index is 0.708. The van der Waals surface area contributed by atoms with Crippen LogP contribution in [0.4, 0.5) is 0 Å². The molecule has 0 bridgehead atoms. The molecule has 0 amide bonds. The highest BCUT2D eigenvalue weighted by Crippen LogP contribution is 2.07. The summed E-state index contributed by atoms with van der Waals surface area (Å²) in [5.41, 5.74) is 0. The van der Waals surface area contributed by atoms with Crippen LogP contribution < -0.4 is 0 Å². The summed E-state index contributed by atoms with van der Waals surface area (Å²) in [6, 6.07) is 0. The second kappa shape index (κ2) is 10.7. The molecule has 0 aliphatic carbocycles. The van der Waals surface area contributed by atoms with Crippen LogP contribution >= 0.6 is 0 Å². The summed E-state index contributed by atoms with van der Waals surface area (Å²) in [6.07, 6.45) is 7.24. The number of allylic oxidation sites excluding steroid dienone is 2. The molecule has 0 radical (unpaired) electrons. The van der Waals surface area contributed by atoms with E-state index in [1.54, 1.807) is 0 Å². The summed E-state index contributed by atoms with van der Waals surface area (Å²) in [5, 5.41) is 0. The molecule has 0 aliphatic heterocycles. The van der Waals surface area contributed by atoms with Gasteiger partial charge in [-0.3, -0.25) is 0 Å². The van der Waals surface area contributed by atoms with E-state index in [0.29, 0.717) is 5.92 Å². The molecular formula is C12H26. The van der Waals surface area contributed by atoms with E-state index in [1.165, 1.54) is 12.8 Å². The van der Waals surface area contributed by atoms with Gasteiger partial charge in [0.15, 0.2) is 0 Å². The normalized spacial score (nSPS) is 12.9. The molecule has 12 heavy (non-hydrogen) atoms. The van der Waals surface area contributed by atoms with Gasteiger partial charge in [-0.1, -0.05) is 60.1 Å². The first kappa shape index (κ1) is 14.3. The number of rotatable bonds is 4. The minimum Gasteiger partial charge on any atom is -0.0857 e. The molecule has 0 aromatic carbocycles. The van der Waals surface area contributed by atoms with Crippen molar-refractivity contribution in [2.24, 2.45) is 11.8 Å². The molecule has 0 aliphatic rings. The zero-order valence-corrected chi connectivity index (χ0v) is 9.72. The monoisotopic (exact) mass is 170 g/mol. The molecule has 0 fully saturated rings. The first-order chi connectivity index (χ1) is 5.66. The molecular weight excluding hydrogens is 144 g/mol. The second-order valence-electron chi connectivity index (χ2n) is 3.39. The van der Waals surface area contributed by atoms with Gasteiger partial charge in [-0.25, -0.2) is 0 Å². The van der Waals surface area contributed by atoms with Gasteiger partial charge in [0.05, 0.1) is 0 Å². The van der Waals surface area contributed by atoms with Crippen LogP contribution in [0.15, 0.2) is 12.2 Å². The lowest BCUT2D eigenvalue weighted by Crippen LogP contribution is -1.88. The van der Waals surface area contributed by atoms with Crippen molar-refractivity contribution in [1.82, 2.24) is 0 Å². The Morgan fingerprint density at radius 1 is 1.00 bits per heavy atom. The molecule has 0 heterocycles. The summed E-state index contributed by atoms with van der Waals surface area (Å²) >= 11 is 0. The Labute approximate surface area is 79.1 Å². The standard InChI is InChI=1S/C10H20.C2H6/c1-5-6-10(4)8-7-9(2)3;1-2/h7-10H,5-6H2,1-4H3;1-2H3/b8-7-;. The lowest BCUT2D eigenvalue weighted by molar-refractivity contribution is 0.627. The molecule has 0 saturated heterocycles. The molecule has 0 nitrogen and oxygen atoms in total. The van der Waals surface area contributed by atoms with Crippen molar-refractivity contribution in [3.63, 3.8) is 0 Å². The van der Waals surface area contributed by atoms with Crippen LogP contribution in [0.2, 0.25) is 0 Å². The molecule has 0 aromatic heterocycles. The van der Waals surface area contributed by atoms with Crippen molar-refractivity contribution in [3.05, 3.63) is 12.2 Å². The van der Waals surface area contributed by atoms with E-state index in [9.17, 15) is 0 Å². The van der Waals surface area contributed by atoms with Crippen molar-refractivity contribution in [1.29, 1.82) is 0 Å². The quantitative estimate of drug-likeness (QED) is 0.538. The zero-order chi connectivity index (χ0) is 9.98. The van der Waals surface area contributed by atoms with Crippen LogP contribution in [0.5, 0.6) is 0 Å². The first-order valence-corrected chi connectivity index (χ1v) is 5.35. The third-order valence-corrected chi connectivity index (χ3v) is 1.57. The molecule has 0 rings (SSSR count). The fraction of sp³-hybridized carbons (Fsp3) is 0.833. The molecule has 0 spiro atoms. The van der Waals surface area contributed by atoms with Crippen LogP contribution in [0.25, 0.3) is 0 Å². The first-order valence-electron chi connectivity index (χ1n) is 5.35. The summed E-state index contributed by atoms with van der Waals surface area (Å²) in [6.45, 7) is 13.0. The van der Waals surface area contributed by atoms with E-state index in [0.717, 1.165) is 5.92 Å². The Kier molecular flexibility index (Phi) is 12.8. The van der Waals surface area contributed by atoms with Gasteiger partial charge < -0.3 is 0 Å². The third kappa shape index (κ3) is 12.4. The fourth-order valence-electron chi connectivity index (χ4n) is 0.963. The van der Waals surface area contributed by atoms with Crippen LogP contribution in [-0.2, 0) is 0 Å². The average molecular weight is 170 g/mol. The third-order valence-electron chi connectivity index (χ3n) is 1.57. The molecule has 0 N–H and O–H groups in total. The maximum Gasteiger partial charge on any atom is -0.0262 e. The van der Waals surface area contributed by atoms with E-state index in [1.807, 2.05) is 13.8 Å². The predicted molar refractivity (Wildman–Crippen MR) is 59.4 cm³/mol. The molecule has 1 atom stereocenters. The molecule has 0 saturated carbocycles. The summed E-state index contributed by atoms with van der Waals surface area (Å²) < 4.78 is 0. The van der Waals surface area contributed by atoms with Crippen molar-refractivity contribution < 1.29 is 0 Å². The topological polar surface area (TPSA) is 0 Å². The van der Waals surface area contributed by atoms with Gasteiger partial charge in [-0.05, 0) is 18.3 Å². The van der Waals surface area contributed by atoms with Crippen LogP contribution in [0.3, 0.4) is 0 Å². The van der Waals surface area contributed by atoms with Crippen molar-refractivity contribution in [2.45, 2.75) is 54.4 Å². The number of hydrogen-bond acceptors (Lipinski definition) is 0. The smallest absolute Gasteiger partial charge is 0.0262 e. The highest BCUT2D eigenvalue weighted by molar-refractivity contribution is 4.88. The highest BCUT2D eigenvalue weighted by atomic mass is 14.0. The van der Waals surface area contributed by atoms with E-state index < -0.39 is 0 Å². The van der Waals surface area contributed by atoms with Gasteiger partial charge in [0.25, 0.3) is 0 Å². The Balaban J connectivity index is 0. The van der Waals surface area contributed by atoms with Crippen LogP contribution in [0.1, 0.15) is 54.4 Å². The maximum absolute atomic E-state index is 2.33. The number of hydrogen-bond donors (Lipinski definition) is 0. The summed E-state index contributed by atoms with van der Waals surface area (Å²) in [7, 11) is 0.